The van der Waals surface area contributed by atoms with Crippen molar-refractivity contribution >= 4 is 5.96 Å². The van der Waals surface area contributed by atoms with Crippen LogP contribution in [0.1, 0.15) is 24.0 Å². The number of alkyl halides is 3. The average Bonchev–Trinajstić information content (AvgIpc) is 2.67. The maximum atomic E-state index is 12.7. The molecule has 158 valence electrons. The van der Waals surface area contributed by atoms with Gasteiger partial charge in [0.1, 0.15) is 0 Å². The van der Waals surface area contributed by atoms with Gasteiger partial charge in [0, 0.05) is 40.8 Å². The molecule has 1 aromatic rings. The first-order valence-electron chi connectivity index (χ1n) is 9.62. The van der Waals surface area contributed by atoms with Gasteiger partial charge in [-0.2, -0.15) is 13.2 Å². The summed E-state index contributed by atoms with van der Waals surface area (Å²) in [6.45, 7) is 5.25. The standard InChI is InChI=1S/C20H31F3N4O/c1-24-19(25-14-16-8-10-27(11-9-16)12-13-28-3)26(2)15-17-4-6-18(7-5-17)20(21,22)23/h4-7,16H,8-15H2,1-3H3,(H,24,25). The van der Waals surface area contributed by atoms with E-state index in [1.54, 1.807) is 14.2 Å². The van der Waals surface area contributed by atoms with E-state index in [4.69, 9.17) is 4.74 Å². The number of ether oxygens (including phenoxy) is 1. The summed E-state index contributed by atoms with van der Waals surface area (Å²) in [4.78, 5) is 8.65. The van der Waals surface area contributed by atoms with Crippen LogP contribution in [-0.4, -0.2) is 69.8 Å². The second-order valence-electron chi connectivity index (χ2n) is 7.26. The summed E-state index contributed by atoms with van der Waals surface area (Å²) in [6, 6.07) is 5.28. The van der Waals surface area contributed by atoms with Gasteiger partial charge in [-0.1, -0.05) is 12.1 Å². The van der Waals surface area contributed by atoms with Gasteiger partial charge >= 0.3 is 6.18 Å². The average molecular weight is 400 g/mol. The SMILES string of the molecule is CN=C(NCC1CCN(CCOC)CC1)N(C)Cc1ccc(C(F)(F)F)cc1. The molecule has 1 aromatic carbocycles. The first kappa shape index (κ1) is 22.5. The highest BCUT2D eigenvalue weighted by atomic mass is 19.4. The summed E-state index contributed by atoms with van der Waals surface area (Å²) in [7, 11) is 5.34. The number of nitrogens with one attached hydrogen (secondary N) is 1. The molecule has 0 aliphatic carbocycles. The molecule has 0 aromatic heterocycles. The summed E-state index contributed by atoms with van der Waals surface area (Å²) < 4.78 is 43.2. The van der Waals surface area contributed by atoms with Gasteiger partial charge in [0.25, 0.3) is 0 Å². The molecule has 8 heteroatoms. The maximum absolute atomic E-state index is 12.7. The third-order valence-corrected chi connectivity index (χ3v) is 5.14. The molecule has 0 unspecified atom stereocenters. The van der Waals surface area contributed by atoms with Crippen molar-refractivity contribution in [1.82, 2.24) is 15.1 Å². The van der Waals surface area contributed by atoms with Crippen LogP contribution in [0.4, 0.5) is 13.2 Å². The van der Waals surface area contributed by atoms with Gasteiger partial charge in [-0.05, 0) is 49.5 Å². The van der Waals surface area contributed by atoms with E-state index >= 15 is 0 Å². The Morgan fingerprint density at radius 3 is 2.43 bits per heavy atom. The van der Waals surface area contributed by atoms with Gasteiger partial charge in [0.05, 0.1) is 12.2 Å². The van der Waals surface area contributed by atoms with Gasteiger partial charge in [-0.25, -0.2) is 0 Å². The molecule has 0 spiro atoms. The Morgan fingerprint density at radius 2 is 1.89 bits per heavy atom. The van der Waals surface area contributed by atoms with Crippen LogP contribution in [0, 0.1) is 5.92 Å². The number of rotatable bonds is 7. The second kappa shape index (κ2) is 10.7. The number of halogens is 3. The Morgan fingerprint density at radius 1 is 1.25 bits per heavy atom. The van der Waals surface area contributed by atoms with Crippen molar-refractivity contribution in [1.29, 1.82) is 0 Å². The minimum Gasteiger partial charge on any atom is -0.383 e. The molecule has 0 bridgehead atoms. The van der Waals surface area contributed by atoms with E-state index in [9.17, 15) is 13.2 Å². The lowest BCUT2D eigenvalue weighted by atomic mass is 9.97. The quantitative estimate of drug-likeness (QED) is 0.564. The van der Waals surface area contributed by atoms with Crippen LogP contribution >= 0.6 is 0 Å². The van der Waals surface area contributed by atoms with Crippen molar-refractivity contribution in [3.05, 3.63) is 35.4 Å². The van der Waals surface area contributed by atoms with Crippen LogP contribution in [0.15, 0.2) is 29.3 Å². The molecule has 1 heterocycles. The number of hydrogen-bond donors (Lipinski definition) is 1. The van der Waals surface area contributed by atoms with Crippen LogP contribution < -0.4 is 5.32 Å². The number of nitrogens with zero attached hydrogens (tertiary/aromatic N) is 3. The zero-order valence-electron chi connectivity index (χ0n) is 16.9. The molecule has 0 atom stereocenters. The van der Waals surface area contributed by atoms with Crippen molar-refractivity contribution in [2.75, 3.05) is 54.0 Å². The molecule has 1 saturated heterocycles. The lowest BCUT2D eigenvalue weighted by molar-refractivity contribution is -0.137. The smallest absolute Gasteiger partial charge is 0.383 e. The molecule has 5 nitrogen and oxygen atoms in total. The molecular formula is C20H31F3N4O. The van der Waals surface area contributed by atoms with Crippen molar-refractivity contribution < 1.29 is 17.9 Å². The predicted octanol–water partition coefficient (Wildman–Crippen LogP) is 3.07. The monoisotopic (exact) mass is 400 g/mol. The fourth-order valence-corrected chi connectivity index (χ4v) is 3.40. The maximum Gasteiger partial charge on any atom is 0.416 e. The van der Waals surface area contributed by atoms with Gasteiger partial charge in [-0.15, -0.1) is 0 Å². The first-order chi connectivity index (χ1) is 13.3. The van der Waals surface area contributed by atoms with Crippen molar-refractivity contribution in [2.45, 2.75) is 25.6 Å². The zero-order valence-corrected chi connectivity index (χ0v) is 16.9. The van der Waals surface area contributed by atoms with Gasteiger partial charge in [0.15, 0.2) is 5.96 Å². The van der Waals surface area contributed by atoms with E-state index in [0.717, 1.165) is 69.3 Å². The number of likely N-dealkylation sites (tertiary alicyclic amines) is 1. The number of aliphatic imine (C=N–C) groups is 1. The Hall–Kier alpha value is -1.80. The number of guanidine groups is 1. The largest absolute Gasteiger partial charge is 0.416 e. The van der Waals surface area contributed by atoms with E-state index in [-0.39, 0.29) is 0 Å². The summed E-state index contributed by atoms with van der Waals surface area (Å²) in [5, 5.41) is 3.41. The van der Waals surface area contributed by atoms with Crippen molar-refractivity contribution in [3.8, 4) is 0 Å². The predicted molar refractivity (Wildman–Crippen MR) is 105 cm³/mol. The van der Waals surface area contributed by atoms with Crippen LogP contribution in [0.2, 0.25) is 0 Å². The summed E-state index contributed by atoms with van der Waals surface area (Å²) >= 11 is 0. The molecule has 1 N–H and O–H groups in total. The molecule has 0 radical (unpaired) electrons. The Kier molecular flexibility index (Phi) is 8.57. The minimum absolute atomic E-state index is 0.493. The number of methoxy groups -OCH3 is 1. The van der Waals surface area contributed by atoms with E-state index in [1.807, 2.05) is 11.9 Å². The summed E-state index contributed by atoms with van der Waals surface area (Å²) in [5.41, 5.74) is 0.183. The van der Waals surface area contributed by atoms with Crippen molar-refractivity contribution in [2.24, 2.45) is 10.9 Å². The fraction of sp³-hybridized carbons (Fsp3) is 0.650. The summed E-state index contributed by atoms with van der Waals surface area (Å²) in [5.74, 6) is 1.34. The highest BCUT2D eigenvalue weighted by Gasteiger charge is 2.30. The zero-order chi connectivity index (χ0) is 20.6. The van der Waals surface area contributed by atoms with E-state index in [0.29, 0.717) is 12.5 Å². The molecule has 1 aliphatic heterocycles. The highest BCUT2D eigenvalue weighted by Crippen LogP contribution is 2.29. The third-order valence-electron chi connectivity index (χ3n) is 5.14. The Bertz CT molecular complexity index is 611. The normalized spacial score (nSPS) is 17.0. The van der Waals surface area contributed by atoms with Crippen molar-refractivity contribution in [3.63, 3.8) is 0 Å². The molecule has 0 saturated carbocycles. The van der Waals surface area contributed by atoms with E-state index < -0.39 is 11.7 Å². The highest BCUT2D eigenvalue weighted by molar-refractivity contribution is 5.79. The number of hydrogen-bond acceptors (Lipinski definition) is 3. The first-order valence-corrected chi connectivity index (χ1v) is 9.62. The molecule has 1 fully saturated rings. The Balaban J connectivity index is 1.78. The lowest BCUT2D eigenvalue weighted by Gasteiger charge is -2.32. The Labute approximate surface area is 165 Å². The molecule has 28 heavy (non-hydrogen) atoms. The van der Waals surface area contributed by atoms with Gasteiger partial charge in [-0.3, -0.25) is 4.99 Å². The summed E-state index contributed by atoms with van der Waals surface area (Å²) in [6.07, 6.45) is -2.03. The minimum atomic E-state index is -4.30. The molecule has 2 rings (SSSR count). The molecular weight excluding hydrogens is 369 g/mol. The van der Waals surface area contributed by atoms with E-state index in [1.165, 1.54) is 12.1 Å². The lowest BCUT2D eigenvalue weighted by Crippen LogP contribution is -2.43. The van der Waals surface area contributed by atoms with E-state index in [2.05, 4.69) is 15.2 Å². The van der Waals surface area contributed by atoms with Crippen LogP contribution in [-0.2, 0) is 17.5 Å². The number of piperidine rings is 1. The van der Waals surface area contributed by atoms with Crippen LogP contribution in [0.3, 0.4) is 0 Å². The van der Waals surface area contributed by atoms with Crippen LogP contribution in [0.25, 0.3) is 0 Å². The molecule has 0 amide bonds. The fourth-order valence-electron chi connectivity index (χ4n) is 3.40. The number of benzene rings is 1. The van der Waals surface area contributed by atoms with Crippen LogP contribution in [0.5, 0.6) is 0 Å². The van der Waals surface area contributed by atoms with Gasteiger partial charge in [0.2, 0.25) is 0 Å². The topological polar surface area (TPSA) is 40.1 Å². The van der Waals surface area contributed by atoms with Gasteiger partial charge < -0.3 is 19.9 Å². The molecule has 1 aliphatic rings. The second-order valence-corrected chi connectivity index (χ2v) is 7.26. The third kappa shape index (κ3) is 6.98.